The predicted octanol–water partition coefficient (Wildman–Crippen LogP) is 2.54. The molecule has 2 heterocycles. The summed E-state index contributed by atoms with van der Waals surface area (Å²) in [6, 6.07) is 7.65. The standard InChI is InChI=1S/C13H10N2O2/c1-17-8-2-3-11-10(6-8)9-4-5-14-12(7-16)13(9)15-11/h2-7,15H,1H3. The summed E-state index contributed by atoms with van der Waals surface area (Å²) in [7, 11) is 1.63. The molecule has 1 N–H and O–H groups in total. The Balaban J connectivity index is 2.46. The minimum Gasteiger partial charge on any atom is -0.497 e. The van der Waals surface area contributed by atoms with Crippen molar-refractivity contribution in [3.8, 4) is 5.75 Å². The van der Waals surface area contributed by atoms with Gasteiger partial charge in [0, 0.05) is 22.5 Å². The van der Waals surface area contributed by atoms with Gasteiger partial charge in [-0.2, -0.15) is 0 Å². The molecule has 0 bridgehead atoms. The minimum atomic E-state index is 0.428. The van der Waals surface area contributed by atoms with Crippen molar-refractivity contribution >= 4 is 28.1 Å². The Morgan fingerprint density at radius 2 is 2.18 bits per heavy atom. The van der Waals surface area contributed by atoms with Crippen LogP contribution in [0.4, 0.5) is 0 Å². The first-order valence-corrected chi connectivity index (χ1v) is 5.23. The number of hydrogen-bond acceptors (Lipinski definition) is 3. The van der Waals surface area contributed by atoms with Crippen LogP contribution in [0.15, 0.2) is 30.5 Å². The summed E-state index contributed by atoms with van der Waals surface area (Å²) >= 11 is 0. The maximum atomic E-state index is 10.9. The number of fused-ring (bicyclic) bond motifs is 3. The van der Waals surface area contributed by atoms with E-state index in [2.05, 4.69) is 9.97 Å². The molecule has 0 saturated carbocycles. The second-order valence-electron chi connectivity index (χ2n) is 3.77. The van der Waals surface area contributed by atoms with Gasteiger partial charge < -0.3 is 9.72 Å². The van der Waals surface area contributed by atoms with Gasteiger partial charge in [-0.25, -0.2) is 0 Å². The van der Waals surface area contributed by atoms with E-state index in [1.165, 1.54) is 0 Å². The Bertz CT molecular complexity index is 716. The smallest absolute Gasteiger partial charge is 0.170 e. The SMILES string of the molecule is COc1ccc2[nH]c3c(C=O)nccc3c2c1. The molecule has 1 aromatic carbocycles. The van der Waals surface area contributed by atoms with Gasteiger partial charge in [0.2, 0.25) is 0 Å². The van der Waals surface area contributed by atoms with E-state index in [9.17, 15) is 4.79 Å². The highest BCUT2D eigenvalue weighted by Gasteiger charge is 2.08. The fourth-order valence-electron chi connectivity index (χ4n) is 2.04. The van der Waals surface area contributed by atoms with Crippen molar-refractivity contribution in [2.75, 3.05) is 7.11 Å². The molecule has 4 heteroatoms. The van der Waals surface area contributed by atoms with Gasteiger partial charge in [-0.1, -0.05) is 0 Å². The summed E-state index contributed by atoms with van der Waals surface area (Å²) < 4.78 is 5.20. The molecule has 3 rings (SSSR count). The second-order valence-corrected chi connectivity index (χ2v) is 3.77. The lowest BCUT2D eigenvalue weighted by atomic mass is 10.1. The van der Waals surface area contributed by atoms with E-state index in [1.807, 2.05) is 24.3 Å². The zero-order valence-electron chi connectivity index (χ0n) is 9.23. The van der Waals surface area contributed by atoms with Gasteiger partial charge >= 0.3 is 0 Å². The molecule has 0 radical (unpaired) electrons. The Hall–Kier alpha value is -2.36. The van der Waals surface area contributed by atoms with Crippen molar-refractivity contribution in [1.82, 2.24) is 9.97 Å². The van der Waals surface area contributed by atoms with Crippen LogP contribution in [-0.2, 0) is 0 Å². The maximum Gasteiger partial charge on any atom is 0.170 e. The van der Waals surface area contributed by atoms with Crippen molar-refractivity contribution in [2.24, 2.45) is 0 Å². The molecule has 3 aromatic rings. The molecule has 0 amide bonds. The number of nitrogens with zero attached hydrogens (tertiary/aromatic N) is 1. The molecule has 0 saturated heterocycles. The monoisotopic (exact) mass is 226 g/mol. The van der Waals surface area contributed by atoms with Crippen molar-refractivity contribution < 1.29 is 9.53 Å². The first kappa shape index (κ1) is 9.84. The highest BCUT2D eigenvalue weighted by molar-refractivity contribution is 6.11. The number of methoxy groups -OCH3 is 1. The zero-order chi connectivity index (χ0) is 11.8. The van der Waals surface area contributed by atoms with Crippen LogP contribution in [0.5, 0.6) is 5.75 Å². The number of rotatable bonds is 2. The summed E-state index contributed by atoms with van der Waals surface area (Å²) in [5.74, 6) is 0.794. The number of aromatic nitrogens is 2. The van der Waals surface area contributed by atoms with Crippen molar-refractivity contribution in [1.29, 1.82) is 0 Å². The number of H-pyrrole nitrogens is 1. The van der Waals surface area contributed by atoms with Crippen LogP contribution in [-0.4, -0.2) is 23.4 Å². The van der Waals surface area contributed by atoms with Gasteiger partial charge in [0.25, 0.3) is 0 Å². The normalized spacial score (nSPS) is 10.9. The van der Waals surface area contributed by atoms with Gasteiger partial charge in [0.15, 0.2) is 6.29 Å². The van der Waals surface area contributed by atoms with Crippen LogP contribution < -0.4 is 4.74 Å². The zero-order valence-corrected chi connectivity index (χ0v) is 9.23. The number of carbonyl (C=O) groups is 1. The third-order valence-electron chi connectivity index (χ3n) is 2.87. The molecule has 0 unspecified atom stereocenters. The fraction of sp³-hybridized carbons (Fsp3) is 0.0769. The van der Waals surface area contributed by atoms with Crippen molar-refractivity contribution in [3.05, 3.63) is 36.2 Å². The van der Waals surface area contributed by atoms with E-state index in [1.54, 1.807) is 13.3 Å². The van der Waals surface area contributed by atoms with Gasteiger partial charge in [0.05, 0.1) is 12.6 Å². The Morgan fingerprint density at radius 1 is 1.29 bits per heavy atom. The fourth-order valence-corrected chi connectivity index (χ4v) is 2.04. The third kappa shape index (κ3) is 1.38. The topological polar surface area (TPSA) is 55.0 Å². The van der Waals surface area contributed by atoms with Crippen LogP contribution in [0.3, 0.4) is 0 Å². The number of aromatic amines is 1. The number of nitrogens with one attached hydrogen (secondary N) is 1. The lowest BCUT2D eigenvalue weighted by Gasteiger charge is -1.98. The summed E-state index contributed by atoms with van der Waals surface area (Å²) in [5.41, 5.74) is 2.17. The van der Waals surface area contributed by atoms with Crippen LogP contribution in [0.2, 0.25) is 0 Å². The predicted molar refractivity (Wildman–Crippen MR) is 65.5 cm³/mol. The van der Waals surface area contributed by atoms with E-state index < -0.39 is 0 Å². The van der Waals surface area contributed by atoms with E-state index in [4.69, 9.17) is 4.74 Å². The molecule has 17 heavy (non-hydrogen) atoms. The van der Waals surface area contributed by atoms with Crippen LogP contribution in [0.1, 0.15) is 10.5 Å². The van der Waals surface area contributed by atoms with E-state index >= 15 is 0 Å². The molecule has 0 aliphatic rings. The molecule has 2 aromatic heterocycles. The van der Waals surface area contributed by atoms with Crippen LogP contribution >= 0.6 is 0 Å². The first-order chi connectivity index (χ1) is 8.33. The number of benzene rings is 1. The van der Waals surface area contributed by atoms with E-state index in [0.717, 1.165) is 33.8 Å². The third-order valence-corrected chi connectivity index (χ3v) is 2.87. The highest BCUT2D eigenvalue weighted by Crippen LogP contribution is 2.29. The number of ether oxygens (including phenoxy) is 1. The Kier molecular flexibility index (Phi) is 2.08. The molecule has 0 aliphatic carbocycles. The number of pyridine rings is 1. The van der Waals surface area contributed by atoms with Crippen molar-refractivity contribution in [3.63, 3.8) is 0 Å². The molecule has 84 valence electrons. The van der Waals surface area contributed by atoms with E-state index in [-0.39, 0.29) is 0 Å². The van der Waals surface area contributed by atoms with Crippen molar-refractivity contribution in [2.45, 2.75) is 0 Å². The van der Waals surface area contributed by atoms with Gasteiger partial charge in [0.1, 0.15) is 11.4 Å². The van der Waals surface area contributed by atoms with Gasteiger partial charge in [-0.05, 0) is 24.3 Å². The lowest BCUT2D eigenvalue weighted by molar-refractivity contribution is 0.112. The summed E-state index contributed by atoms with van der Waals surface area (Å²) in [4.78, 5) is 18.1. The van der Waals surface area contributed by atoms with Gasteiger partial charge in [-0.3, -0.25) is 9.78 Å². The number of carbonyl (C=O) groups excluding carboxylic acids is 1. The number of hydrogen-bond donors (Lipinski definition) is 1. The van der Waals surface area contributed by atoms with Crippen LogP contribution in [0.25, 0.3) is 21.8 Å². The molecule has 0 atom stereocenters. The molecule has 0 aliphatic heterocycles. The van der Waals surface area contributed by atoms with Crippen LogP contribution in [0, 0.1) is 0 Å². The molecule has 0 spiro atoms. The van der Waals surface area contributed by atoms with E-state index in [0.29, 0.717) is 5.69 Å². The lowest BCUT2D eigenvalue weighted by Crippen LogP contribution is -1.86. The molecular weight excluding hydrogens is 216 g/mol. The maximum absolute atomic E-state index is 10.9. The quantitative estimate of drug-likeness (QED) is 0.683. The largest absolute Gasteiger partial charge is 0.497 e. The first-order valence-electron chi connectivity index (χ1n) is 5.23. The summed E-state index contributed by atoms with van der Waals surface area (Å²) in [6.07, 6.45) is 2.40. The second kappa shape index (κ2) is 3.59. The number of aldehydes is 1. The summed E-state index contributed by atoms with van der Waals surface area (Å²) in [6.45, 7) is 0. The average molecular weight is 226 g/mol. The molecule has 4 nitrogen and oxygen atoms in total. The summed E-state index contributed by atoms with van der Waals surface area (Å²) in [5, 5.41) is 2.01. The average Bonchev–Trinajstić information content (AvgIpc) is 2.76. The highest BCUT2D eigenvalue weighted by atomic mass is 16.5. The minimum absolute atomic E-state index is 0.428. The molecule has 0 fully saturated rings. The Morgan fingerprint density at radius 3 is 2.94 bits per heavy atom. The Labute approximate surface area is 97.2 Å². The molecular formula is C13H10N2O2. The van der Waals surface area contributed by atoms with Gasteiger partial charge in [-0.15, -0.1) is 0 Å².